The first-order valence-electron chi connectivity index (χ1n) is 55.5. The maximum absolute atomic E-state index is 6.23. The summed E-state index contributed by atoms with van der Waals surface area (Å²) in [7, 11) is 0. The molecule has 0 atom stereocenters. The first-order valence-corrected chi connectivity index (χ1v) is 56.3. The second-order valence-corrected chi connectivity index (χ2v) is 47.6. The minimum atomic E-state index is 0.210. The average Bonchev–Trinajstić information content (AvgIpc) is 1.54. The number of nitrogens with zero attached hydrogens (tertiary/aromatic N) is 3. The van der Waals surface area contributed by atoms with Crippen LogP contribution in [0.5, 0.6) is 0 Å². The van der Waals surface area contributed by atoms with E-state index in [0.717, 1.165) is 121 Å². The Hall–Kier alpha value is -15.4. The predicted octanol–water partition coefficient (Wildman–Crippen LogP) is 39.4. The van der Waals surface area contributed by atoms with Crippen molar-refractivity contribution in [3.05, 3.63) is 476 Å². The molecule has 0 saturated heterocycles. The molecule has 0 N–H and O–H groups in total. The molecule has 22 aromatic rings. The normalized spacial score (nSPS) is 24.3. The Kier molecular flexibility index (Phi) is 19.7. The second kappa shape index (κ2) is 33.8. The average molecular weight is 1940 g/mol. The van der Waals surface area contributed by atoms with E-state index in [0.29, 0.717) is 0 Å². The number of furan rings is 1. The molecular weight excluding hydrogens is 1820 g/mol. The van der Waals surface area contributed by atoms with E-state index in [1.165, 1.54) is 238 Å². The Bertz CT molecular complexity index is 8700. The van der Waals surface area contributed by atoms with E-state index in [9.17, 15) is 0 Å². The number of thiophene rings is 1. The van der Waals surface area contributed by atoms with Crippen LogP contribution in [0.1, 0.15) is 130 Å². The van der Waals surface area contributed by atoms with Crippen molar-refractivity contribution in [2.24, 2.45) is 71.0 Å². The second-order valence-electron chi connectivity index (χ2n) is 46.5. The van der Waals surface area contributed by atoms with Gasteiger partial charge in [0.25, 0.3) is 0 Å². The van der Waals surface area contributed by atoms with Crippen LogP contribution >= 0.6 is 11.3 Å². The molecule has 15 aliphatic rings. The molecule has 0 aliphatic heterocycles. The lowest BCUT2D eigenvalue weighted by molar-refractivity contribution is -0.0399. The first kappa shape index (κ1) is 86.7. The van der Waals surface area contributed by atoms with Gasteiger partial charge in [-0.25, -0.2) is 0 Å². The zero-order valence-electron chi connectivity index (χ0n) is 83.8. The van der Waals surface area contributed by atoms with Crippen LogP contribution in [-0.2, 0) is 16.2 Å². The third-order valence-corrected chi connectivity index (χ3v) is 40.5. The smallest absolute Gasteiger partial charge is 0.135 e. The van der Waals surface area contributed by atoms with Gasteiger partial charge in [-0.3, -0.25) is 0 Å². The third kappa shape index (κ3) is 13.2. The lowest BCUT2D eigenvalue weighted by Gasteiger charge is -2.61. The van der Waals surface area contributed by atoms with Gasteiger partial charge in [0.05, 0.1) is 17.1 Å². The van der Waals surface area contributed by atoms with E-state index in [4.69, 9.17) is 4.42 Å². The van der Waals surface area contributed by atoms with Crippen molar-refractivity contribution in [1.29, 1.82) is 0 Å². The Labute approximate surface area is 876 Å². The molecule has 2 aromatic heterocycles. The minimum Gasteiger partial charge on any atom is -0.456 e. The quantitative estimate of drug-likeness (QED) is 0.122. The molecule has 0 amide bonds. The van der Waals surface area contributed by atoms with Crippen molar-refractivity contribution in [3.63, 3.8) is 0 Å². The Morgan fingerprint density at radius 2 is 0.463 bits per heavy atom. The molecule has 20 aromatic carbocycles. The van der Waals surface area contributed by atoms with Gasteiger partial charge in [0.15, 0.2) is 0 Å². The molecule has 718 valence electrons. The van der Waals surface area contributed by atoms with Gasteiger partial charge in [-0.15, -0.1) is 11.3 Å². The highest BCUT2D eigenvalue weighted by atomic mass is 32.1. The zero-order chi connectivity index (χ0) is 97.5. The topological polar surface area (TPSA) is 22.9 Å². The summed E-state index contributed by atoms with van der Waals surface area (Å²) in [5, 5.41) is 12.4. The van der Waals surface area contributed by atoms with Crippen LogP contribution < -0.4 is 14.7 Å². The molecule has 5 heteroatoms. The van der Waals surface area contributed by atoms with Crippen molar-refractivity contribution in [2.75, 3.05) is 14.7 Å². The summed E-state index contributed by atoms with van der Waals surface area (Å²) in [6.45, 7) is 0. The van der Waals surface area contributed by atoms with E-state index in [1.54, 1.807) is 33.4 Å². The first-order chi connectivity index (χ1) is 73.7. The summed E-state index contributed by atoms with van der Waals surface area (Å²) in [5.41, 5.74) is 39.3. The lowest BCUT2D eigenvalue weighted by atomic mass is 9.43. The molecule has 15 aliphatic carbocycles. The van der Waals surface area contributed by atoms with Gasteiger partial charge in [0.2, 0.25) is 0 Å². The van der Waals surface area contributed by atoms with Crippen molar-refractivity contribution < 1.29 is 4.42 Å². The van der Waals surface area contributed by atoms with Crippen LogP contribution in [-0.4, -0.2) is 0 Å². The van der Waals surface area contributed by atoms with Gasteiger partial charge in [-0.1, -0.05) is 309 Å². The molecule has 3 spiro atoms. The standard InChI is InChI=1S/C50H39NO.C50H39NS.C44H37N/c2*1-2-10-40-34(8-1)9-7-14-47(40)51(39-21-23-49-44(30-39)42-12-4-6-15-48(42)52-49)38-19-16-33(17-20-38)35-18-22-46-43(29-35)41-11-3-5-13-45(41)50(46)36-25-31-24-32(27-36)28-37(50)26-31;1-2-11-36(12-3-1)45(43-16-8-10-32-9-4-5-13-38(32)43)37-20-17-31(18-21-37)33-19-22-42-40(28-33)39-14-6-7-15-41(39)44(42)34-24-29-23-30(26-34)27-35(44)25-29/h2*1-23,29-32,36-37H,24-28H2;1-22,28-30,34-35H,23-27H2. The molecule has 12 fully saturated rings. The van der Waals surface area contributed by atoms with Gasteiger partial charge < -0.3 is 19.1 Å². The fourth-order valence-electron chi connectivity index (χ4n) is 34.2. The Balaban J connectivity index is 0.0000000992. The highest BCUT2D eigenvalue weighted by molar-refractivity contribution is 7.25. The lowest BCUT2D eigenvalue weighted by Crippen LogP contribution is -2.55. The summed E-state index contributed by atoms with van der Waals surface area (Å²) in [5.74, 6) is 10.5. The van der Waals surface area contributed by atoms with Gasteiger partial charge in [0.1, 0.15) is 11.2 Å². The maximum atomic E-state index is 6.23. The van der Waals surface area contributed by atoms with Gasteiger partial charge in [-0.05, 0) is 417 Å². The Morgan fingerprint density at radius 1 is 0.181 bits per heavy atom. The van der Waals surface area contributed by atoms with Crippen molar-refractivity contribution in [1.82, 2.24) is 0 Å². The molecule has 12 saturated carbocycles. The van der Waals surface area contributed by atoms with Crippen LogP contribution in [0.25, 0.3) is 141 Å². The Morgan fingerprint density at radius 3 is 0.866 bits per heavy atom. The summed E-state index contributed by atoms with van der Waals surface area (Å²) in [4.78, 5) is 7.25. The van der Waals surface area contributed by atoms with Crippen LogP contribution in [0.3, 0.4) is 0 Å². The predicted molar refractivity (Wildman–Crippen MR) is 622 cm³/mol. The molecule has 2 heterocycles. The van der Waals surface area contributed by atoms with E-state index >= 15 is 0 Å². The van der Waals surface area contributed by atoms with Gasteiger partial charge in [-0.2, -0.15) is 0 Å². The molecule has 149 heavy (non-hydrogen) atoms. The molecular formula is C144H115N3OS. The SMILES string of the molecule is c1ccc(N(c2ccc(-c3ccc4c(c3)-c3ccccc3C43C4CC5CC(C4)CC3C5)cc2)c2cccc3ccccc23)cc1.c1ccc2c(c1)-c1cc(-c3ccc(N(c4ccc5oc6ccccc6c5c4)c4cccc5ccccc45)cc3)ccc1C21C2CC3CC(C2)CC1C3.c1ccc2c(c1)-c1cc(-c3ccc(N(c4ccc5sc6ccccc6c5c4)c4cccc5ccccc45)cc3)ccc1C21C2CC3CC(C2)CC1C3. The van der Waals surface area contributed by atoms with E-state index in [1.807, 2.05) is 17.4 Å². The fourth-order valence-corrected chi connectivity index (χ4v) is 35.3. The molecule has 12 bridgehead atoms. The largest absolute Gasteiger partial charge is 0.456 e. The number of anilines is 9. The molecule has 0 radical (unpaired) electrons. The van der Waals surface area contributed by atoms with E-state index < -0.39 is 0 Å². The number of fused-ring (bicyclic) bond motifs is 18. The molecule has 37 rings (SSSR count). The summed E-state index contributed by atoms with van der Waals surface area (Å²) in [6.07, 6.45) is 21.6. The van der Waals surface area contributed by atoms with Crippen LogP contribution in [0.4, 0.5) is 51.2 Å². The van der Waals surface area contributed by atoms with Gasteiger partial charge >= 0.3 is 0 Å². The molecule has 4 nitrogen and oxygen atoms in total. The fraction of sp³-hybridized carbons (Fsp3) is 0.208. The van der Waals surface area contributed by atoms with Crippen LogP contribution in [0, 0.1) is 71.0 Å². The summed E-state index contributed by atoms with van der Waals surface area (Å²) < 4.78 is 8.89. The number of hydrogen-bond donors (Lipinski definition) is 0. The van der Waals surface area contributed by atoms with Crippen molar-refractivity contribution >= 4 is 137 Å². The van der Waals surface area contributed by atoms with Crippen LogP contribution in [0.15, 0.2) is 447 Å². The minimum absolute atomic E-state index is 0.210. The van der Waals surface area contributed by atoms with Gasteiger partial charge in [0, 0.05) is 97.5 Å². The highest BCUT2D eigenvalue weighted by Gasteiger charge is 2.65. The monoisotopic (exact) mass is 1930 g/mol. The maximum Gasteiger partial charge on any atom is 0.135 e. The number of rotatable bonds is 12. The van der Waals surface area contributed by atoms with Crippen molar-refractivity contribution in [2.45, 2.75) is 113 Å². The number of hydrogen-bond acceptors (Lipinski definition) is 5. The number of benzene rings is 20. The molecule has 0 unspecified atom stereocenters. The summed E-state index contributed by atoms with van der Waals surface area (Å²) >= 11 is 1.88. The van der Waals surface area contributed by atoms with Crippen molar-refractivity contribution in [3.8, 4) is 66.8 Å². The van der Waals surface area contributed by atoms with Crippen LogP contribution in [0.2, 0.25) is 0 Å². The zero-order valence-corrected chi connectivity index (χ0v) is 84.7. The highest BCUT2D eigenvalue weighted by Crippen LogP contribution is 2.74. The van der Waals surface area contributed by atoms with E-state index in [-0.39, 0.29) is 16.2 Å². The van der Waals surface area contributed by atoms with E-state index in [2.05, 4.69) is 451 Å². The third-order valence-electron chi connectivity index (χ3n) is 39.3. The number of para-hydroxylation sites is 2. The summed E-state index contributed by atoms with van der Waals surface area (Å²) in [6, 6.07) is 166.